The van der Waals surface area contributed by atoms with Crippen LogP contribution in [0.3, 0.4) is 0 Å². The van der Waals surface area contributed by atoms with Crippen LogP contribution in [-0.4, -0.2) is 29.1 Å². The number of hydrogen-bond acceptors (Lipinski definition) is 2. The Morgan fingerprint density at radius 2 is 2.33 bits per heavy atom. The van der Waals surface area contributed by atoms with Crippen molar-refractivity contribution >= 4 is 5.97 Å². The second-order valence-corrected chi connectivity index (χ2v) is 4.31. The summed E-state index contributed by atoms with van der Waals surface area (Å²) in [6.07, 6.45) is 2.78. The summed E-state index contributed by atoms with van der Waals surface area (Å²) in [5.74, 6) is -0.769. The van der Waals surface area contributed by atoms with Crippen molar-refractivity contribution in [1.29, 1.82) is 0 Å². The van der Waals surface area contributed by atoms with Gasteiger partial charge in [-0.1, -0.05) is 0 Å². The van der Waals surface area contributed by atoms with E-state index in [4.69, 9.17) is 5.11 Å². The number of carboxylic acid groups (broad SMARTS) is 1. The largest absolute Gasteiger partial charge is 0.481 e. The lowest BCUT2D eigenvalue weighted by atomic mass is 9.94. The van der Waals surface area contributed by atoms with Crippen molar-refractivity contribution in [1.82, 2.24) is 10.3 Å². The molecule has 0 saturated heterocycles. The summed E-state index contributed by atoms with van der Waals surface area (Å²) in [5, 5.41) is 12.0. The molecule has 0 radical (unpaired) electrons. The van der Waals surface area contributed by atoms with Crippen LogP contribution in [0.5, 0.6) is 0 Å². The second kappa shape index (κ2) is 4.98. The minimum atomic E-state index is -0.769. The van der Waals surface area contributed by atoms with E-state index in [-0.39, 0.29) is 0 Å². The van der Waals surface area contributed by atoms with Crippen LogP contribution < -0.4 is 5.32 Å². The summed E-state index contributed by atoms with van der Waals surface area (Å²) in [5.41, 5.74) is 0.464. The van der Waals surface area contributed by atoms with Crippen LogP contribution in [-0.2, 0) is 11.2 Å². The Morgan fingerprint density at radius 3 is 2.87 bits per heavy atom. The zero-order chi connectivity index (χ0) is 11.3. The highest BCUT2D eigenvalue weighted by Gasteiger charge is 2.26. The maximum absolute atomic E-state index is 10.8. The SMILES string of the molecule is CC(C)(CNCCc1ccc[nH]1)C(=O)O. The molecule has 0 spiro atoms. The van der Waals surface area contributed by atoms with E-state index in [1.165, 1.54) is 0 Å². The molecule has 15 heavy (non-hydrogen) atoms. The maximum Gasteiger partial charge on any atom is 0.310 e. The lowest BCUT2D eigenvalue weighted by molar-refractivity contribution is -0.146. The molecule has 1 aromatic heterocycles. The van der Waals surface area contributed by atoms with Crippen LogP contribution in [0.15, 0.2) is 18.3 Å². The number of nitrogens with one attached hydrogen (secondary N) is 2. The molecule has 1 rings (SSSR count). The smallest absolute Gasteiger partial charge is 0.310 e. The van der Waals surface area contributed by atoms with Crippen molar-refractivity contribution in [2.75, 3.05) is 13.1 Å². The van der Waals surface area contributed by atoms with Gasteiger partial charge in [0.05, 0.1) is 5.41 Å². The molecule has 0 aliphatic rings. The molecule has 0 fully saturated rings. The molecule has 1 aromatic rings. The molecular formula is C11H18N2O2. The topological polar surface area (TPSA) is 65.1 Å². The van der Waals surface area contributed by atoms with Crippen molar-refractivity contribution in [3.63, 3.8) is 0 Å². The van der Waals surface area contributed by atoms with E-state index in [9.17, 15) is 4.79 Å². The molecule has 0 amide bonds. The zero-order valence-electron chi connectivity index (χ0n) is 9.21. The Morgan fingerprint density at radius 1 is 1.60 bits per heavy atom. The Kier molecular flexibility index (Phi) is 3.91. The minimum absolute atomic E-state index is 0.489. The van der Waals surface area contributed by atoms with Crippen LogP contribution >= 0.6 is 0 Å². The van der Waals surface area contributed by atoms with E-state index in [0.717, 1.165) is 18.7 Å². The second-order valence-electron chi connectivity index (χ2n) is 4.31. The number of aliphatic carboxylic acids is 1. The number of rotatable bonds is 6. The third kappa shape index (κ3) is 3.75. The molecule has 4 nitrogen and oxygen atoms in total. The van der Waals surface area contributed by atoms with Crippen molar-refractivity contribution < 1.29 is 9.90 Å². The van der Waals surface area contributed by atoms with Crippen molar-refractivity contribution in [3.05, 3.63) is 24.0 Å². The average molecular weight is 210 g/mol. The van der Waals surface area contributed by atoms with E-state index in [1.807, 2.05) is 18.3 Å². The van der Waals surface area contributed by atoms with E-state index in [0.29, 0.717) is 6.54 Å². The molecule has 0 bridgehead atoms. The highest BCUT2D eigenvalue weighted by Crippen LogP contribution is 2.12. The molecule has 1 heterocycles. The van der Waals surface area contributed by atoms with Crippen LogP contribution in [0.1, 0.15) is 19.5 Å². The number of hydrogen-bond donors (Lipinski definition) is 3. The predicted molar refractivity (Wildman–Crippen MR) is 58.8 cm³/mol. The summed E-state index contributed by atoms with van der Waals surface area (Å²) < 4.78 is 0. The molecule has 0 aliphatic heterocycles. The number of carbonyl (C=O) groups is 1. The van der Waals surface area contributed by atoms with Crippen LogP contribution in [0.25, 0.3) is 0 Å². The van der Waals surface area contributed by atoms with Crippen molar-refractivity contribution in [2.45, 2.75) is 20.3 Å². The zero-order valence-corrected chi connectivity index (χ0v) is 9.21. The normalized spacial score (nSPS) is 11.6. The van der Waals surface area contributed by atoms with Crippen molar-refractivity contribution in [3.8, 4) is 0 Å². The maximum atomic E-state index is 10.8. The molecule has 0 aliphatic carbocycles. The Bertz CT molecular complexity index is 304. The van der Waals surface area contributed by atoms with Crippen molar-refractivity contribution in [2.24, 2.45) is 5.41 Å². The third-order valence-corrected chi connectivity index (χ3v) is 2.38. The van der Waals surface area contributed by atoms with Gasteiger partial charge in [0, 0.05) is 25.0 Å². The molecule has 0 aromatic carbocycles. The number of aromatic nitrogens is 1. The van der Waals surface area contributed by atoms with Gasteiger partial charge in [-0.3, -0.25) is 4.79 Å². The van der Waals surface area contributed by atoms with Gasteiger partial charge in [-0.2, -0.15) is 0 Å². The molecule has 84 valence electrons. The van der Waals surface area contributed by atoms with Gasteiger partial charge in [-0.15, -0.1) is 0 Å². The van der Waals surface area contributed by atoms with Gasteiger partial charge in [0.2, 0.25) is 0 Å². The van der Waals surface area contributed by atoms with Gasteiger partial charge in [-0.05, 0) is 32.4 Å². The monoisotopic (exact) mass is 210 g/mol. The Hall–Kier alpha value is -1.29. The first-order chi connectivity index (χ1) is 7.02. The van der Waals surface area contributed by atoms with E-state index in [2.05, 4.69) is 10.3 Å². The molecule has 0 atom stereocenters. The molecule has 3 N–H and O–H groups in total. The molecule has 0 saturated carbocycles. The lowest BCUT2D eigenvalue weighted by Gasteiger charge is -2.19. The minimum Gasteiger partial charge on any atom is -0.481 e. The molecule has 0 unspecified atom stereocenters. The standard InChI is InChI=1S/C11H18N2O2/c1-11(2,10(14)15)8-12-7-5-9-4-3-6-13-9/h3-4,6,12-13H,5,7-8H2,1-2H3,(H,14,15). The van der Waals surface area contributed by atoms with Gasteiger partial charge in [0.15, 0.2) is 0 Å². The third-order valence-electron chi connectivity index (χ3n) is 2.38. The van der Waals surface area contributed by atoms with E-state index >= 15 is 0 Å². The van der Waals surface area contributed by atoms with Gasteiger partial charge in [-0.25, -0.2) is 0 Å². The van der Waals surface area contributed by atoms with Crippen LogP contribution in [0.4, 0.5) is 0 Å². The fourth-order valence-corrected chi connectivity index (χ4v) is 1.22. The van der Waals surface area contributed by atoms with Gasteiger partial charge >= 0.3 is 5.97 Å². The summed E-state index contributed by atoms with van der Waals surface area (Å²) in [4.78, 5) is 13.9. The fourth-order valence-electron chi connectivity index (χ4n) is 1.22. The molecular weight excluding hydrogens is 192 g/mol. The fraction of sp³-hybridized carbons (Fsp3) is 0.545. The summed E-state index contributed by atoms with van der Waals surface area (Å²) in [6, 6.07) is 3.97. The Labute approximate surface area is 89.7 Å². The first-order valence-electron chi connectivity index (χ1n) is 5.09. The predicted octanol–water partition coefficient (Wildman–Crippen LogP) is 1.26. The summed E-state index contributed by atoms with van der Waals surface area (Å²) in [6.45, 7) is 4.72. The average Bonchev–Trinajstić information content (AvgIpc) is 2.64. The number of carboxylic acids is 1. The summed E-state index contributed by atoms with van der Waals surface area (Å²) in [7, 11) is 0. The molecule has 4 heteroatoms. The van der Waals surface area contributed by atoms with E-state index in [1.54, 1.807) is 13.8 Å². The first kappa shape index (κ1) is 11.8. The van der Waals surface area contributed by atoms with Gasteiger partial charge < -0.3 is 15.4 Å². The first-order valence-corrected chi connectivity index (χ1v) is 5.09. The van der Waals surface area contributed by atoms with Crippen LogP contribution in [0, 0.1) is 5.41 Å². The van der Waals surface area contributed by atoms with Gasteiger partial charge in [0.25, 0.3) is 0 Å². The van der Waals surface area contributed by atoms with Crippen LogP contribution in [0.2, 0.25) is 0 Å². The van der Waals surface area contributed by atoms with E-state index < -0.39 is 11.4 Å². The highest BCUT2D eigenvalue weighted by atomic mass is 16.4. The number of H-pyrrole nitrogens is 1. The quantitative estimate of drug-likeness (QED) is 0.619. The number of aromatic amines is 1. The highest BCUT2D eigenvalue weighted by molar-refractivity contribution is 5.73. The summed E-state index contributed by atoms with van der Waals surface area (Å²) >= 11 is 0. The lowest BCUT2D eigenvalue weighted by Crippen LogP contribution is -2.36. The van der Waals surface area contributed by atoms with Gasteiger partial charge in [0.1, 0.15) is 0 Å². The Balaban J connectivity index is 2.19.